The van der Waals surface area contributed by atoms with E-state index in [0.29, 0.717) is 12.0 Å². The van der Waals surface area contributed by atoms with Gasteiger partial charge >= 0.3 is 0 Å². The van der Waals surface area contributed by atoms with Crippen LogP contribution in [0.3, 0.4) is 0 Å². The molecule has 0 aromatic carbocycles. The molecule has 2 rings (SSSR count). The fourth-order valence-corrected chi connectivity index (χ4v) is 2.46. The molecule has 1 aliphatic rings. The minimum atomic E-state index is -0.413. The highest BCUT2D eigenvalue weighted by Gasteiger charge is 2.34. The van der Waals surface area contributed by atoms with Gasteiger partial charge < -0.3 is 10.1 Å². The highest BCUT2D eigenvalue weighted by Crippen LogP contribution is 2.32. The Bertz CT molecular complexity index is 378. The summed E-state index contributed by atoms with van der Waals surface area (Å²) < 4.78 is 18.6. The molecule has 100 valence electrons. The maximum absolute atomic E-state index is 12.7. The van der Waals surface area contributed by atoms with Crippen molar-refractivity contribution < 1.29 is 9.13 Å². The predicted octanol–water partition coefficient (Wildman–Crippen LogP) is 2.77. The normalized spacial score (nSPS) is 22.7. The van der Waals surface area contributed by atoms with Crippen LogP contribution in [0, 0.1) is 5.82 Å². The summed E-state index contributed by atoms with van der Waals surface area (Å²) in [7, 11) is 0. The number of hydrogen-bond acceptors (Lipinski definition) is 4. The van der Waals surface area contributed by atoms with E-state index in [2.05, 4.69) is 29.1 Å². The van der Waals surface area contributed by atoms with Crippen LogP contribution in [0.2, 0.25) is 0 Å². The third-order valence-corrected chi connectivity index (χ3v) is 3.74. The van der Waals surface area contributed by atoms with Crippen LogP contribution in [0.4, 0.5) is 10.3 Å². The Morgan fingerprint density at radius 2 is 2.06 bits per heavy atom. The van der Waals surface area contributed by atoms with Gasteiger partial charge in [-0.05, 0) is 25.7 Å². The van der Waals surface area contributed by atoms with Gasteiger partial charge in [0.15, 0.2) is 5.82 Å². The Hall–Kier alpha value is -1.23. The van der Waals surface area contributed by atoms with Gasteiger partial charge in [0.25, 0.3) is 0 Å². The summed E-state index contributed by atoms with van der Waals surface area (Å²) in [6, 6.07) is 0.295. The van der Waals surface area contributed by atoms with E-state index in [-0.39, 0.29) is 5.60 Å². The standard InChI is InChI=1S/C13H20FN3O/c1-3-13(4-2)7-11(5-6-18-13)17-12-15-8-10(14)9-16-12/h8-9,11H,3-7H2,1-2H3,(H,15,16,17). The molecule has 1 atom stereocenters. The van der Waals surface area contributed by atoms with E-state index in [1.165, 1.54) is 12.4 Å². The topological polar surface area (TPSA) is 47.0 Å². The number of halogens is 1. The van der Waals surface area contributed by atoms with Crippen LogP contribution in [0.1, 0.15) is 39.5 Å². The molecule has 0 bridgehead atoms. The zero-order valence-electron chi connectivity index (χ0n) is 10.9. The fraction of sp³-hybridized carbons (Fsp3) is 0.692. The number of rotatable bonds is 4. The molecule has 0 saturated carbocycles. The Morgan fingerprint density at radius 1 is 1.39 bits per heavy atom. The molecular formula is C13H20FN3O. The first kappa shape index (κ1) is 13.2. The molecule has 0 aliphatic carbocycles. The van der Waals surface area contributed by atoms with Gasteiger partial charge in [0.2, 0.25) is 5.95 Å². The monoisotopic (exact) mass is 253 g/mol. The number of ether oxygens (including phenoxy) is 1. The third-order valence-electron chi connectivity index (χ3n) is 3.74. The van der Waals surface area contributed by atoms with Crippen molar-refractivity contribution in [2.24, 2.45) is 0 Å². The second-order valence-corrected chi connectivity index (χ2v) is 4.80. The Kier molecular flexibility index (Phi) is 4.11. The predicted molar refractivity (Wildman–Crippen MR) is 67.9 cm³/mol. The average Bonchev–Trinajstić information content (AvgIpc) is 2.41. The van der Waals surface area contributed by atoms with E-state index in [1.54, 1.807) is 0 Å². The summed E-state index contributed by atoms with van der Waals surface area (Å²) >= 11 is 0. The molecule has 1 aromatic heterocycles. The third kappa shape index (κ3) is 2.96. The smallest absolute Gasteiger partial charge is 0.222 e. The molecule has 4 nitrogen and oxygen atoms in total. The van der Waals surface area contributed by atoms with Crippen LogP contribution in [-0.2, 0) is 4.74 Å². The van der Waals surface area contributed by atoms with Gasteiger partial charge in [0.1, 0.15) is 0 Å². The molecule has 0 spiro atoms. The van der Waals surface area contributed by atoms with Crippen molar-refractivity contribution in [1.82, 2.24) is 9.97 Å². The minimum Gasteiger partial charge on any atom is -0.375 e. The Labute approximate surface area is 107 Å². The highest BCUT2D eigenvalue weighted by atomic mass is 19.1. The first-order chi connectivity index (χ1) is 8.67. The summed E-state index contributed by atoms with van der Waals surface area (Å²) in [5.41, 5.74) is -0.0318. The van der Waals surface area contributed by atoms with Crippen molar-refractivity contribution in [2.75, 3.05) is 11.9 Å². The lowest BCUT2D eigenvalue weighted by molar-refractivity contribution is -0.0865. The summed E-state index contributed by atoms with van der Waals surface area (Å²) in [4.78, 5) is 7.87. The van der Waals surface area contributed by atoms with E-state index in [0.717, 1.165) is 32.3 Å². The second kappa shape index (κ2) is 5.61. The zero-order valence-corrected chi connectivity index (χ0v) is 10.9. The molecule has 1 aliphatic heterocycles. The van der Waals surface area contributed by atoms with Crippen molar-refractivity contribution in [3.63, 3.8) is 0 Å². The minimum absolute atomic E-state index is 0.0318. The molecule has 18 heavy (non-hydrogen) atoms. The zero-order chi connectivity index (χ0) is 13.0. The first-order valence-corrected chi connectivity index (χ1v) is 6.55. The lowest BCUT2D eigenvalue weighted by Gasteiger charge is -2.40. The van der Waals surface area contributed by atoms with Crippen LogP contribution < -0.4 is 5.32 Å². The van der Waals surface area contributed by atoms with Gasteiger partial charge in [0, 0.05) is 12.6 Å². The number of nitrogens with one attached hydrogen (secondary N) is 1. The van der Waals surface area contributed by atoms with Crippen LogP contribution in [0.15, 0.2) is 12.4 Å². The fourth-order valence-electron chi connectivity index (χ4n) is 2.46. The molecular weight excluding hydrogens is 233 g/mol. The number of anilines is 1. The number of nitrogens with zero attached hydrogens (tertiary/aromatic N) is 2. The summed E-state index contributed by atoms with van der Waals surface area (Å²) in [6.07, 6.45) is 6.25. The van der Waals surface area contributed by atoms with Crippen molar-refractivity contribution in [3.05, 3.63) is 18.2 Å². The molecule has 5 heteroatoms. The molecule has 0 amide bonds. The number of hydrogen-bond donors (Lipinski definition) is 1. The Balaban J connectivity index is 1.99. The van der Waals surface area contributed by atoms with E-state index < -0.39 is 5.82 Å². The molecule has 1 aromatic rings. The van der Waals surface area contributed by atoms with Gasteiger partial charge in [0.05, 0.1) is 18.0 Å². The maximum atomic E-state index is 12.7. The molecule has 1 N–H and O–H groups in total. The van der Waals surface area contributed by atoms with E-state index >= 15 is 0 Å². The maximum Gasteiger partial charge on any atom is 0.222 e. The van der Waals surface area contributed by atoms with E-state index in [4.69, 9.17) is 4.74 Å². The van der Waals surface area contributed by atoms with Crippen LogP contribution >= 0.6 is 0 Å². The molecule has 1 unspecified atom stereocenters. The molecule has 1 fully saturated rings. The second-order valence-electron chi connectivity index (χ2n) is 4.80. The van der Waals surface area contributed by atoms with Crippen molar-refractivity contribution >= 4 is 5.95 Å². The van der Waals surface area contributed by atoms with Crippen LogP contribution in [0.25, 0.3) is 0 Å². The van der Waals surface area contributed by atoms with Crippen LogP contribution in [-0.4, -0.2) is 28.2 Å². The Morgan fingerprint density at radius 3 is 2.67 bits per heavy atom. The number of aromatic nitrogens is 2. The summed E-state index contributed by atoms with van der Waals surface area (Å²) in [5.74, 6) is 0.0772. The van der Waals surface area contributed by atoms with Gasteiger partial charge in [-0.1, -0.05) is 13.8 Å². The average molecular weight is 253 g/mol. The SMILES string of the molecule is CCC1(CC)CC(Nc2ncc(F)cn2)CCO1. The summed E-state index contributed by atoms with van der Waals surface area (Å²) in [6.45, 7) is 5.06. The van der Waals surface area contributed by atoms with Gasteiger partial charge in [-0.15, -0.1) is 0 Å². The van der Waals surface area contributed by atoms with Crippen molar-refractivity contribution in [1.29, 1.82) is 0 Å². The van der Waals surface area contributed by atoms with E-state index in [1.807, 2.05) is 0 Å². The lowest BCUT2D eigenvalue weighted by Crippen LogP contribution is -2.43. The molecule has 0 radical (unpaired) electrons. The highest BCUT2D eigenvalue weighted by molar-refractivity contribution is 5.25. The van der Waals surface area contributed by atoms with E-state index in [9.17, 15) is 4.39 Å². The van der Waals surface area contributed by atoms with Crippen molar-refractivity contribution in [2.45, 2.75) is 51.2 Å². The summed E-state index contributed by atoms with van der Waals surface area (Å²) in [5, 5.41) is 3.26. The van der Waals surface area contributed by atoms with Gasteiger partial charge in [-0.2, -0.15) is 0 Å². The molecule has 2 heterocycles. The van der Waals surface area contributed by atoms with Crippen LogP contribution in [0.5, 0.6) is 0 Å². The quantitative estimate of drug-likeness (QED) is 0.896. The molecule has 1 saturated heterocycles. The largest absolute Gasteiger partial charge is 0.375 e. The van der Waals surface area contributed by atoms with Crippen molar-refractivity contribution in [3.8, 4) is 0 Å². The first-order valence-electron chi connectivity index (χ1n) is 6.55. The lowest BCUT2D eigenvalue weighted by atomic mass is 9.86. The van der Waals surface area contributed by atoms with Gasteiger partial charge in [-0.25, -0.2) is 14.4 Å². The van der Waals surface area contributed by atoms with Gasteiger partial charge in [-0.3, -0.25) is 0 Å².